The molecular weight excluding hydrogens is 436 g/mol. The van der Waals surface area contributed by atoms with Crippen molar-refractivity contribution in [3.05, 3.63) is 18.2 Å². The maximum atomic E-state index is 12.9. The molecule has 0 radical (unpaired) electrons. The number of nitrogens with zero attached hydrogens (tertiary/aromatic N) is 1. The number of H-pyrrole nitrogens is 1. The number of aliphatic hydroxyl groups is 2. The van der Waals surface area contributed by atoms with E-state index in [9.17, 15) is 34.5 Å². The molecule has 0 bridgehead atoms. The van der Waals surface area contributed by atoms with Gasteiger partial charge in [0.05, 0.1) is 18.5 Å². The van der Waals surface area contributed by atoms with E-state index in [2.05, 4.69) is 25.9 Å². The van der Waals surface area contributed by atoms with E-state index in [0.29, 0.717) is 12.1 Å². The normalized spacial score (nSPS) is 17.5. The Morgan fingerprint density at radius 2 is 1.58 bits per heavy atom. The molecule has 0 aliphatic heterocycles. The summed E-state index contributed by atoms with van der Waals surface area (Å²) in [5, 5.41) is 36.1. The highest BCUT2D eigenvalue weighted by Crippen LogP contribution is 2.10. The number of nitrogens with one attached hydrogen (secondary N) is 4. The number of hydrogen-bond acceptors (Lipinski definition) is 8. The second-order valence-corrected chi connectivity index (χ2v) is 8.05. The van der Waals surface area contributed by atoms with E-state index in [1.165, 1.54) is 26.4 Å². The zero-order valence-corrected chi connectivity index (χ0v) is 19.1. The summed E-state index contributed by atoms with van der Waals surface area (Å²) in [5.74, 6) is -4.13. The summed E-state index contributed by atoms with van der Waals surface area (Å²) >= 11 is 0. The number of carbonyl (C=O) groups excluding carboxylic acids is 3. The van der Waals surface area contributed by atoms with Gasteiger partial charge in [-0.15, -0.1) is 0 Å². The van der Waals surface area contributed by atoms with Crippen molar-refractivity contribution in [2.45, 2.75) is 76.9 Å². The van der Waals surface area contributed by atoms with E-state index >= 15 is 0 Å². The van der Waals surface area contributed by atoms with Crippen molar-refractivity contribution in [3.63, 3.8) is 0 Å². The molecule has 0 aliphatic rings. The molecule has 0 fully saturated rings. The third-order valence-corrected chi connectivity index (χ3v) is 5.27. The van der Waals surface area contributed by atoms with E-state index in [0.717, 1.165) is 0 Å². The Morgan fingerprint density at radius 3 is 2.03 bits per heavy atom. The maximum Gasteiger partial charge on any atom is 0.326 e. The quantitative estimate of drug-likeness (QED) is 0.154. The van der Waals surface area contributed by atoms with Gasteiger partial charge in [0.25, 0.3) is 0 Å². The SMILES string of the molecule is CCC(C)C(NC(=O)C(NC(=O)C(N)C(C)O)C(C)O)C(=O)NC(Cc1cnc[nH]1)C(=O)O. The molecule has 7 unspecified atom stereocenters. The minimum Gasteiger partial charge on any atom is -0.480 e. The summed E-state index contributed by atoms with van der Waals surface area (Å²) in [5.41, 5.74) is 6.06. The summed E-state index contributed by atoms with van der Waals surface area (Å²) in [6.45, 7) is 6.04. The molecule has 1 aromatic heterocycles. The summed E-state index contributed by atoms with van der Waals surface area (Å²) in [4.78, 5) is 56.1. The van der Waals surface area contributed by atoms with E-state index in [-0.39, 0.29) is 6.42 Å². The lowest BCUT2D eigenvalue weighted by Gasteiger charge is -2.29. The summed E-state index contributed by atoms with van der Waals surface area (Å²) in [6, 6.07) is -5.21. The Kier molecular flexibility index (Phi) is 10.9. The average molecular weight is 471 g/mol. The molecule has 1 aromatic rings. The molecule has 0 aliphatic carbocycles. The van der Waals surface area contributed by atoms with Gasteiger partial charge in [0.1, 0.15) is 24.2 Å². The molecule has 13 nitrogen and oxygen atoms in total. The first-order chi connectivity index (χ1) is 15.4. The number of rotatable bonds is 13. The van der Waals surface area contributed by atoms with E-state index < -0.39 is 66.0 Å². The van der Waals surface area contributed by atoms with Crippen LogP contribution in [0.25, 0.3) is 0 Å². The highest BCUT2D eigenvalue weighted by atomic mass is 16.4. The zero-order valence-electron chi connectivity index (χ0n) is 19.1. The fourth-order valence-electron chi connectivity index (χ4n) is 2.90. The van der Waals surface area contributed by atoms with Crippen molar-refractivity contribution in [3.8, 4) is 0 Å². The molecule has 33 heavy (non-hydrogen) atoms. The molecular formula is C20H34N6O7. The second-order valence-electron chi connectivity index (χ2n) is 8.05. The highest BCUT2D eigenvalue weighted by Gasteiger charge is 2.34. The topological polar surface area (TPSA) is 220 Å². The molecule has 13 heteroatoms. The van der Waals surface area contributed by atoms with Crippen LogP contribution >= 0.6 is 0 Å². The van der Waals surface area contributed by atoms with Crippen molar-refractivity contribution < 1.29 is 34.5 Å². The number of imidazole rings is 1. The minimum atomic E-state index is -1.46. The van der Waals surface area contributed by atoms with E-state index in [1.54, 1.807) is 13.8 Å². The number of hydrogen-bond donors (Lipinski definition) is 8. The summed E-state index contributed by atoms with van der Waals surface area (Å²) in [6.07, 6.45) is 0.698. The van der Waals surface area contributed by atoms with Gasteiger partial charge >= 0.3 is 5.97 Å². The van der Waals surface area contributed by atoms with Crippen LogP contribution in [0.3, 0.4) is 0 Å². The molecule has 3 amide bonds. The first kappa shape index (κ1) is 28.0. The predicted octanol–water partition coefficient (Wildman–Crippen LogP) is -2.37. The van der Waals surface area contributed by atoms with Gasteiger partial charge in [0.15, 0.2) is 0 Å². The first-order valence-corrected chi connectivity index (χ1v) is 10.6. The van der Waals surface area contributed by atoms with Crippen molar-refractivity contribution in [2.75, 3.05) is 0 Å². The lowest BCUT2D eigenvalue weighted by molar-refractivity contribution is -0.142. The van der Waals surface area contributed by atoms with Crippen molar-refractivity contribution >= 4 is 23.7 Å². The Hall–Kier alpha value is -3.03. The van der Waals surface area contributed by atoms with Crippen LogP contribution < -0.4 is 21.7 Å². The van der Waals surface area contributed by atoms with Gasteiger partial charge in [-0.1, -0.05) is 20.3 Å². The standard InChI is InChI=1S/C20H34N6O7/c1-5-9(2)15(18(30)24-13(20(32)33)6-12-7-22-8-23-12)25-19(31)16(11(4)28)26-17(29)14(21)10(3)27/h7-11,13-16,27-28H,5-6,21H2,1-4H3,(H,22,23)(H,24,30)(H,25,31)(H,26,29)(H,32,33). The van der Waals surface area contributed by atoms with Crippen LogP contribution in [0.5, 0.6) is 0 Å². The number of aliphatic hydroxyl groups excluding tert-OH is 2. The average Bonchev–Trinajstić information content (AvgIpc) is 3.26. The van der Waals surface area contributed by atoms with Crippen LogP contribution in [0.2, 0.25) is 0 Å². The van der Waals surface area contributed by atoms with Crippen molar-refractivity contribution in [1.29, 1.82) is 0 Å². The second kappa shape index (κ2) is 12.9. The highest BCUT2D eigenvalue weighted by molar-refractivity contribution is 5.94. The smallest absolute Gasteiger partial charge is 0.326 e. The number of aromatic nitrogens is 2. The van der Waals surface area contributed by atoms with Gasteiger partial charge in [-0.2, -0.15) is 0 Å². The number of amides is 3. The van der Waals surface area contributed by atoms with Crippen LogP contribution in [0.15, 0.2) is 12.5 Å². The molecule has 0 aromatic carbocycles. The van der Waals surface area contributed by atoms with Crippen molar-refractivity contribution in [1.82, 2.24) is 25.9 Å². The van der Waals surface area contributed by atoms with Crippen LogP contribution in [-0.4, -0.2) is 85.4 Å². The fraction of sp³-hybridized carbons (Fsp3) is 0.650. The van der Waals surface area contributed by atoms with Gasteiger partial charge in [-0.05, 0) is 19.8 Å². The Balaban J connectivity index is 2.98. The Morgan fingerprint density at radius 1 is 1.00 bits per heavy atom. The maximum absolute atomic E-state index is 12.9. The number of nitrogens with two attached hydrogens (primary N) is 1. The van der Waals surface area contributed by atoms with Crippen LogP contribution in [-0.2, 0) is 25.6 Å². The number of aromatic amines is 1. The summed E-state index contributed by atoms with van der Waals surface area (Å²) in [7, 11) is 0. The summed E-state index contributed by atoms with van der Waals surface area (Å²) < 4.78 is 0. The zero-order chi connectivity index (χ0) is 25.3. The third-order valence-electron chi connectivity index (χ3n) is 5.27. The van der Waals surface area contributed by atoms with Crippen molar-refractivity contribution in [2.24, 2.45) is 11.7 Å². The molecule has 0 saturated heterocycles. The number of carboxylic acids is 1. The Bertz CT molecular complexity index is 799. The van der Waals surface area contributed by atoms with Crippen LogP contribution in [0.4, 0.5) is 0 Å². The van der Waals surface area contributed by atoms with Gasteiger partial charge in [-0.25, -0.2) is 9.78 Å². The minimum absolute atomic E-state index is 0.0498. The largest absolute Gasteiger partial charge is 0.480 e. The van der Waals surface area contributed by atoms with E-state index in [4.69, 9.17) is 5.73 Å². The molecule has 1 rings (SSSR count). The Labute approximate surface area is 191 Å². The van der Waals surface area contributed by atoms with Gasteiger partial charge in [-0.3, -0.25) is 14.4 Å². The van der Waals surface area contributed by atoms with Crippen LogP contribution in [0, 0.1) is 5.92 Å². The van der Waals surface area contributed by atoms with Crippen LogP contribution in [0.1, 0.15) is 39.8 Å². The monoisotopic (exact) mass is 470 g/mol. The van der Waals surface area contributed by atoms with Gasteiger partial charge in [0, 0.05) is 18.3 Å². The molecule has 9 N–H and O–H groups in total. The molecule has 0 saturated carbocycles. The lowest BCUT2D eigenvalue weighted by atomic mass is 9.96. The predicted molar refractivity (Wildman–Crippen MR) is 117 cm³/mol. The molecule has 186 valence electrons. The molecule has 1 heterocycles. The lowest BCUT2D eigenvalue weighted by Crippen LogP contribution is -2.61. The first-order valence-electron chi connectivity index (χ1n) is 10.6. The van der Waals surface area contributed by atoms with Gasteiger partial charge in [0.2, 0.25) is 17.7 Å². The number of carbonyl (C=O) groups is 4. The number of aliphatic carboxylic acids is 1. The molecule has 0 spiro atoms. The fourth-order valence-corrected chi connectivity index (χ4v) is 2.90. The van der Waals surface area contributed by atoms with Gasteiger partial charge < -0.3 is 42.0 Å². The number of carboxylic acid groups (broad SMARTS) is 1. The van der Waals surface area contributed by atoms with E-state index in [1.807, 2.05) is 0 Å². The third kappa shape index (κ3) is 8.44. The molecule has 7 atom stereocenters.